The summed E-state index contributed by atoms with van der Waals surface area (Å²) in [5.41, 5.74) is 1.01. The highest BCUT2D eigenvalue weighted by Gasteiger charge is 2.30. The fourth-order valence-electron chi connectivity index (χ4n) is 3.88. The van der Waals surface area contributed by atoms with Crippen molar-refractivity contribution < 1.29 is 9.84 Å². The molecule has 0 radical (unpaired) electrons. The Balaban J connectivity index is 1.53. The lowest BCUT2D eigenvalue weighted by molar-refractivity contribution is -0.0865. The van der Waals surface area contributed by atoms with Gasteiger partial charge in [-0.3, -0.25) is 9.80 Å². The van der Waals surface area contributed by atoms with Crippen LogP contribution in [0.4, 0.5) is 0 Å². The summed E-state index contributed by atoms with van der Waals surface area (Å²) >= 11 is 3.49. The summed E-state index contributed by atoms with van der Waals surface area (Å²) in [5.74, 6) is 0.395. The SMILES string of the molecule is C[C@@H]1CN(C2CCN(Cc3cc(Br)ccc3O)CC2)C[C@H](C)O1. The first-order valence-corrected chi connectivity index (χ1v) is 9.40. The molecule has 2 fully saturated rings. The number of piperidine rings is 1. The molecule has 5 heteroatoms. The molecule has 1 N–H and O–H groups in total. The van der Waals surface area contributed by atoms with E-state index in [2.05, 4.69) is 39.6 Å². The van der Waals surface area contributed by atoms with Gasteiger partial charge in [-0.15, -0.1) is 0 Å². The number of phenolic OH excluding ortho intramolecular Hbond substituents is 1. The lowest BCUT2D eigenvalue weighted by Crippen LogP contribution is -2.53. The third-order valence-corrected chi connectivity index (χ3v) is 5.45. The van der Waals surface area contributed by atoms with Crippen LogP contribution in [-0.2, 0) is 11.3 Å². The number of benzene rings is 1. The zero-order valence-corrected chi connectivity index (χ0v) is 15.6. The largest absolute Gasteiger partial charge is 0.508 e. The molecule has 0 aliphatic carbocycles. The molecule has 2 atom stereocenters. The molecule has 0 unspecified atom stereocenters. The Kier molecular flexibility index (Phi) is 5.62. The molecule has 1 aromatic carbocycles. The van der Waals surface area contributed by atoms with E-state index in [0.717, 1.165) is 42.8 Å². The third-order valence-electron chi connectivity index (χ3n) is 4.96. The fourth-order valence-corrected chi connectivity index (χ4v) is 4.29. The van der Waals surface area contributed by atoms with Gasteiger partial charge < -0.3 is 9.84 Å². The van der Waals surface area contributed by atoms with Gasteiger partial charge in [0.15, 0.2) is 0 Å². The van der Waals surface area contributed by atoms with Gasteiger partial charge in [-0.25, -0.2) is 0 Å². The van der Waals surface area contributed by atoms with Crippen LogP contribution >= 0.6 is 15.9 Å². The second kappa shape index (κ2) is 7.51. The lowest BCUT2D eigenvalue weighted by Gasteiger charge is -2.43. The van der Waals surface area contributed by atoms with Crippen molar-refractivity contribution in [2.24, 2.45) is 0 Å². The average Bonchev–Trinajstić information content (AvgIpc) is 2.51. The normalized spacial score (nSPS) is 28.1. The highest BCUT2D eigenvalue weighted by Crippen LogP contribution is 2.26. The Morgan fingerprint density at radius 3 is 2.48 bits per heavy atom. The van der Waals surface area contributed by atoms with E-state index >= 15 is 0 Å². The Labute approximate surface area is 147 Å². The van der Waals surface area contributed by atoms with E-state index in [1.165, 1.54) is 12.8 Å². The first-order valence-electron chi connectivity index (χ1n) is 8.60. The van der Waals surface area contributed by atoms with Crippen LogP contribution in [0.15, 0.2) is 22.7 Å². The van der Waals surface area contributed by atoms with Crippen LogP contribution in [-0.4, -0.2) is 59.3 Å². The van der Waals surface area contributed by atoms with E-state index in [1.807, 2.05) is 12.1 Å². The molecule has 2 heterocycles. The highest BCUT2D eigenvalue weighted by atomic mass is 79.9. The van der Waals surface area contributed by atoms with Gasteiger partial charge in [0.25, 0.3) is 0 Å². The Bertz CT molecular complexity index is 522. The first kappa shape index (κ1) is 17.2. The van der Waals surface area contributed by atoms with E-state index in [4.69, 9.17) is 4.74 Å². The molecule has 2 aliphatic heterocycles. The first-order chi connectivity index (χ1) is 11.0. The van der Waals surface area contributed by atoms with Gasteiger partial charge >= 0.3 is 0 Å². The quantitative estimate of drug-likeness (QED) is 0.870. The van der Waals surface area contributed by atoms with Crippen molar-refractivity contribution in [1.29, 1.82) is 0 Å². The van der Waals surface area contributed by atoms with Crippen molar-refractivity contribution in [3.05, 3.63) is 28.2 Å². The molecular formula is C18H27BrN2O2. The monoisotopic (exact) mass is 382 g/mol. The minimum atomic E-state index is 0.343. The van der Waals surface area contributed by atoms with Crippen molar-refractivity contribution in [2.45, 2.75) is 51.5 Å². The Morgan fingerprint density at radius 1 is 1.17 bits per heavy atom. The van der Waals surface area contributed by atoms with Crippen LogP contribution in [0, 0.1) is 0 Å². The highest BCUT2D eigenvalue weighted by molar-refractivity contribution is 9.10. The maximum absolute atomic E-state index is 10.0. The second-order valence-electron chi connectivity index (χ2n) is 6.99. The smallest absolute Gasteiger partial charge is 0.120 e. The topological polar surface area (TPSA) is 35.9 Å². The van der Waals surface area contributed by atoms with Gasteiger partial charge in [0.05, 0.1) is 12.2 Å². The number of likely N-dealkylation sites (tertiary alicyclic amines) is 1. The zero-order valence-electron chi connectivity index (χ0n) is 14.0. The number of rotatable bonds is 3. The van der Waals surface area contributed by atoms with Crippen LogP contribution in [0.5, 0.6) is 5.75 Å². The van der Waals surface area contributed by atoms with Crippen LogP contribution in [0.3, 0.4) is 0 Å². The lowest BCUT2D eigenvalue weighted by atomic mass is 10.0. The third kappa shape index (κ3) is 4.47. The number of hydrogen-bond acceptors (Lipinski definition) is 4. The molecule has 0 bridgehead atoms. The molecule has 0 spiro atoms. The number of ether oxygens (including phenoxy) is 1. The molecule has 3 rings (SSSR count). The fraction of sp³-hybridized carbons (Fsp3) is 0.667. The maximum Gasteiger partial charge on any atom is 0.120 e. The minimum Gasteiger partial charge on any atom is -0.508 e. The zero-order chi connectivity index (χ0) is 16.4. The van der Waals surface area contributed by atoms with Crippen LogP contribution in [0.2, 0.25) is 0 Å². The molecule has 1 aromatic rings. The van der Waals surface area contributed by atoms with Gasteiger partial charge in [-0.2, -0.15) is 0 Å². The second-order valence-corrected chi connectivity index (χ2v) is 7.91. The number of phenols is 1. The Hall–Kier alpha value is -0.620. The number of morpholine rings is 1. The van der Waals surface area contributed by atoms with Gasteiger partial charge in [-0.1, -0.05) is 15.9 Å². The van der Waals surface area contributed by atoms with E-state index in [1.54, 1.807) is 6.07 Å². The van der Waals surface area contributed by atoms with E-state index < -0.39 is 0 Å². The van der Waals surface area contributed by atoms with E-state index in [0.29, 0.717) is 24.0 Å². The number of halogens is 1. The molecule has 4 nitrogen and oxygen atoms in total. The van der Waals surface area contributed by atoms with Crippen LogP contribution in [0.25, 0.3) is 0 Å². The molecule has 2 saturated heterocycles. The van der Waals surface area contributed by atoms with Gasteiger partial charge in [-0.05, 0) is 58.0 Å². The molecule has 0 amide bonds. The number of hydrogen-bond donors (Lipinski definition) is 1. The predicted octanol–water partition coefficient (Wildman–Crippen LogP) is 3.23. The van der Waals surface area contributed by atoms with E-state index in [9.17, 15) is 5.11 Å². The van der Waals surface area contributed by atoms with Crippen molar-refractivity contribution >= 4 is 15.9 Å². The predicted molar refractivity (Wildman–Crippen MR) is 95.7 cm³/mol. The average molecular weight is 383 g/mol. The molecule has 2 aliphatic rings. The van der Waals surface area contributed by atoms with Crippen molar-refractivity contribution in [1.82, 2.24) is 9.80 Å². The summed E-state index contributed by atoms with van der Waals surface area (Å²) < 4.78 is 6.87. The maximum atomic E-state index is 10.0. The summed E-state index contributed by atoms with van der Waals surface area (Å²) in [7, 11) is 0. The molecular weight excluding hydrogens is 356 g/mol. The van der Waals surface area contributed by atoms with Gasteiger partial charge in [0, 0.05) is 35.7 Å². The summed E-state index contributed by atoms with van der Waals surface area (Å²) in [6, 6.07) is 6.34. The van der Waals surface area contributed by atoms with E-state index in [-0.39, 0.29) is 0 Å². The summed E-state index contributed by atoms with van der Waals surface area (Å²) in [5, 5.41) is 10.0. The molecule has 0 saturated carbocycles. The van der Waals surface area contributed by atoms with Crippen molar-refractivity contribution in [2.75, 3.05) is 26.2 Å². The van der Waals surface area contributed by atoms with Crippen molar-refractivity contribution in [3.8, 4) is 5.75 Å². The molecule has 128 valence electrons. The van der Waals surface area contributed by atoms with Gasteiger partial charge in [0.2, 0.25) is 0 Å². The summed E-state index contributed by atoms with van der Waals surface area (Å²) in [4.78, 5) is 5.07. The number of nitrogens with zero attached hydrogens (tertiary/aromatic N) is 2. The summed E-state index contributed by atoms with van der Waals surface area (Å²) in [6.45, 7) is 9.48. The minimum absolute atomic E-state index is 0.343. The van der Waals surface area contributed by atoms with Crippen LogP contribution < -0.4 is 0 Å². The van der Waals surface area contributed by atoms with Gasteiger partial charge in [0.1, 0.15) is 5.75 Å². The standard InChI is InChI=1S/C18H27BrN2O2/c1-13-10-21(11-14(2)23-13)17-5-7-20(8-6-17)12-15-9-16(19)3-4-18(15)22/h3-4,9,13-14,17,22H,5-8,10-12H2,1-2H3/t13-,14+. The van der Waals surface area contributed by atoms with Crippen LogP contribution in [0.1, 0.15) is 32.3 Å². The summed E-state index contributed by atoms with van der Waals surface area (Å²) in [6.07, 6.45) is 3.09. The number of aromatic hydroxyl groups is 1. The molecule has 23 heavy (non-hydrogen) atoms. The Morgan fingerprint density at radius 2 is 1.83 bits per heavy atom. The van der Waals surface area contributed by atoms with Crippen molar-refractivity contribution in [3.63, 3.8) is 0 Å². The molecule has 0 aromatic heterocycles.